The molecule has 1 aromatic carbocycles. The van der Waals surface area contributed by atoms with Crippen LogP contribution in [0.4, 0.5) is 0 Å². The average Bonchev–Trinajstić information content (AvgIpc) is 3.29. The molecule has 0 aliphatic carbocycles. The van der Waals surface area contributed by atoms with E-state index in [1.165, 1.54) is 11.5 Å². The summed E-state index contributed by atoms with van der Waals surface area (Å²) in [6, 6.07) is 10.8. The molecule has 4 heterocycles. The van der Waals surface area contributed by atoms with E-state index in [2.05, 4.69) is 15.0 Å². The van der Waals surface area contributed by atoms with Gasteiger partial charge >= 0.3 is 0 Å². The molecule has 1 unspecified atom stereocenters. The highest BCUT2D eigenvalue weighted by Gasteiger charge is 2.33. The van der Waals surface area contributed by atoms with Crippen LogP contribution in [0.5, 0.6) is 0 Å². The first-order valence-electron chi connectivity index (χ1n) is 8.94. The number of nitrogens with one attached hydrogen (secondary N) is 2. The number of amides is 1. The number of aromatic nitrogens is 2. The van der Waals surface area contributed by atoms with E-state index in [1.807, 2.05) is 41.1 Å². The summed E-state index contributed by atoms with van der Waals surface area (Å²) < 4.78 is 11.8. The lowest BCUT2D eigenvalue weighted by atomic mass is 9.92. The largest absolute Gasteiger partial charge is 0.378 e. The number of rotatable bonds is 3. The first kappa shape index (κ1) is 16.0. The van der Waals surface area contributed by atoms with Crippen molar-refractivity contribution >= 4 is 28.3 Å². The molecule has 6 nitrogen and oxygen atoms in total. The number of para-hydroxylation sites is 1. The van der Waals surface area contributed by atoms with Crippen LogP contribution < -0.4 is 10.6 Å². The van der Waals surface area contributed by atoms with Crippen molar-refractivity contribution in [2.24, 2.45) is 0 Å². The van der Waals surface area contributed by atoms with Crippen molar-refractivity contribution in [3.8, 4) is 5.00 Å². The summed E-state index contributed by atoms with van der Waals surface area (Å²) >= 11 is 1.42. The Kier molecular flexibility index (Phi) is 4.00. The van der Waals surface area contributed by atoms with Crippen LogP contribution >= 0.6 is 11.5 Å². The fourth-order valence-electron chi connectivity index (χ4n) is 4.09. The van der Waals surface area contributed by atoms with E-state index >= 15 is 0 Å². The Morgan fingerprint density at radius 2 is 2.04 bits per heavy atom. The number of benzene rings is 1. The lowest BCUT2D eigenvalue weighted by Gasteiger charge is -2.40. The van der Waals surface area contributed by atoms with E-state index in [9.17, 15) is 4.79 Å². The first-order valence-corrected chi connectivity index (χ1v) is 9.71. The van der Waals surface area contributed by atoms with Crippen molar-refractivity contribution in [3.63, 3.8) is 0 Å². The highest BCUT2D eigenvalue weighted by atomic mass is 32.1. The minimum Gasteiger partial charge on any atom is -0.378 e. The summed E-state index contributed by atoms with van der Waals surface area (Å²) in [4.78, 5) is 13.0. The summed E-state index contributed by atoms with van der Waals surface area (Å²) in [5, 5.41) is 8.79. The molecule has 0 radical (unpaired) electrons. The van der Waals surface area contributed by atoms with Gasteiger partial charge in [0.2, 0.25) is 0 Å². The maximum atomic E-state index is 13.0. The van der Waals surface area contributed by atoms with Crippen LogP contribution in [0.1, 0.15) is 23.2 Å². The zero-order valence-electron chi connectivity index (χ0n) is 14.2. The number of hydrogen-bond donors (Lipinski definition) is 2. The van der Waals surface area contributed by atoms with E-state index in [-0.39, 0.29) is 11.9 Å². The third-order valence-corrected chi connectivity index (χ3v) is 5.95. The van der Waals surface area contributed by atoms with Crippen LogP contribution in [-0.4, -0.2) is 46.2 Å². The van der Waals surface area contributed by atoms with Crippen LogP contribution in [0, 0.1) is 0 Å². The fraction of sp³-hybridized carbons (Fsp3) is 0.368. The van der Waals surface area contributed by atoms with Crippen molar-refractivity contribution in [2.45, 2.75) is 31.0 Å². The minimum atomic E-state index is -0.00430. The second kappa shape index (κ2) is 6.50. The van der Waals surface area contributed by atoms with Crippen molar-refractivity contribution in [2.75, 3.05) is 13.2 Å². The zero-order valence-corrected chi connectivity index (χ0v) is 15.0. The Balaban J connectivity index is 1.44. The highest BCUT2D eigenvalue weighted by molar-refractivity contribution is 7.08. The number of morpholine rings is 1. The summed E-state index contributed by atoms with van der Waals surface area (Å²) in [5.41, 5.74) is 1.74. The lowest BCUT2D eigenvalue weighted by Crippen LogP contribution is -2.58. The maximum Gasteiger partial charge on any atom is 0.253 e. The van der Waals surface area contributed by atoms with Gasteiger partial charge in [-0.2, -0.15) is 4.37 Å². The standard InChI is InChI=1S/C19H20N4O2S/c24-19(22-12-7-13-10-25-11-14(8-12)21-13)16-9-23(18-5-6-20-26-18)17-4-2-1-3-15(16)17/h1-6,9,12-14,21H,7-8,10-11H2,(H,22,24)/t12?,13-,14+. The van der Waals surface area contributed by atoms with E-state index in [0.29, 0.717) is 17.6 Å². The molecule has 3 aromatic rings. The van der Waals surface area contributed by atoms with Gasteiger partial charge in [0.15, 0.2) is 0 Å². The normalized spacial score (nSPS) is 25.3. The van der Waals surface area contributed by atoms with Gasteiger partial charge in [-0.05, 0) is 36.5 Å². The molecular formula is C19H20N4O2S. The predicted molar refractivity (Wildman–Crippen MR) is 101 cm³/mol. The van der Waals surface area contributed by atoms with E-state index in [4.69, 9.17) is 4.74 Å². The third-order valence-electron chi connectivity index (χ3n) is 5.20. The van der Waals surface area contributed by atoms with Crippen LogP contribution in [0.25, 0.3) is 15.9 Å². The highest BCUT2D eigenvalue weighted by Crippen LogP contribution is 2.27. The van der Waals surface area contributed by atoms with Crippen LogP contribution in [0.15, 0.2) is 42.7 Å². The van der Waals surface area contributed by atoms with E-state index < -0.39 is 0 Å². The number of fused-ring (bicyclic) bond motifs is 3. The van der Waals surface area contributed by atoms with Gasteiger partial charge in [0.05, 0.1) is 24.3 Å². The molecule has 3 atom stereocenters. The summed E-state index contributed by atoms with van der Waals surface area (Å²) in [7, 11) is 0. The molecule has 2 aliphatic heterocycles. The molecule has 0 saturated carbocycles. The molecule has 26 heavy (non-hydrogen) atoms. The Morgan fingerprint density at radius 3 is 2.81 bits per heavy atom. The molecule has 134 valence electrons. The number of carbonyl (C=O) groups excluding carboxylic acids is 1. The van der Waals surface area contributed by atoms with Gasteiger partial charge in [-0.3, -0.25) is 4.79 Å². The maximum absolute atomic E-state index is 13.0. The molecule has 0 spiro atoms. The lowest BCUT2D eigenvalue weighted by molar-refractivity contribution is 0.0148. The SMILES string of the molecule is O=C(NC1C[C@H]2COC[C@@H](C1)N2)c1cn(-c2ccns2)c2ccccc12. The Hall–Kier alpha value is -2.22. The second-order valence-corrected chi connectivity index (χ2v) is 7.83. The first-order chi connectivity index (χ1) is 12.8. The van der Waals surface area contributed by atoms with E-state index in [1.54, 1.807) is 6.20 Å². The smallest absolute Gasteiger partial charge is 0.253 e. The van der Waals surface area contributed by atoms with Gasteiger partial charge in [-0.1, -0.05) is 18.2 Å². The molecular weight excluding hydrogens is 348 g/mol. The van der Waals surface area contributed by atoms with Gasteiger partial charge < -0.3 is 19.9 Å². The summed E-state index contributed by atoms with van der Waals surface area (Å²) in [6.07, 6.45) is 5.54. The van der Waals surface area contributed by atoms with Gasteiger partial charge in [-0.15, -0.1) is 0 Å². The molecule has 2 fully saturated rings. The molecule has 5 rings (SSSR count). The molecule has 2 aliphatic rings. The molecule has 2 N–H and O–H groups in total. The van der Waals surface area contributed by atoms with Crippen LogP contribution in [0.2, 0.25) is 0 Å². The van der Waals surface area contributed by atoms with Gasteiger partial charge in [-0.25, -0.2) is 0 Å². The summed E-state index contributed by atoms with van der Waals surface area (Å²) in [6.45, 7) is 1.46. The van der Waals surface area contributed by atoms with Crippen LogP contribution in [0.3, 0.4) is 0 Å². The number of nitrogens with zero attached hydrogens (tertiary/aromatic N) is 2. The number of hydrogen-bond acceptors (Lipinski definition) is 5. The number of piperidine rings is 1. The zero-order chi connectivity index (χ0) is 17.5. The topological polar surface area (TPSA) is 68.2 Å². The second-order valence-electron chi connectivity index (χ2n) is 7.02. The Bertz CT molecular complexity index is 924. The van der Waals surface area contributed by atoms with E-state index in [0.717, 1.165) is 42.0 Å². The minimum absolute atomic E-state index is 0.00430. The molecule has 2 saturated heterocycles. The van der Waals surface area contributed by atoms with Gasteiger partial charge in [0, 0.05) is 35.9 Å². The average molecular weight is 368 g/mol. The number of carbonyl (C=O) groups is 1. The van der Waals surface area contributed by atoms with Crippen molar-refractivity contribution in [1.29, 1.82) is 0 Å². The monoisotopic (exact) mass is 368 g/mol. The predicted octanol–water partition coefficient (Wildman–Crippen LogP) is 2.34. The van der Waals surface area contributed by atoms with Crippen LogP contribution in [-0.2, 0) is 4.74 Å². The van der Waals surface area contributed by atoms with Crippen molar-refractivity contribution < 1.29 is 9.53 Å². The van der Waals surface area contributed by atoms with Gasteiger partial charge in [0.25, 0.3) is 5.91 Å². The van der Waals surface area contributed by atoms with Crippen molar-refractivity contribution in [1.82, 2.24) is 19.6 Å². The molecule has 2 aromatic heterocycles. The molecule has 2 bridgehead atoms. The summed E-state index contributed by atoms with van der Waals surface area (Å²) in [5.74, 6) is -0.00430. The Morgan fingerprint density at radius 1 is 1.23 bits per heavy atom. The fourth-order valence-corrected chi connectivity index (χ4v) is 4.69. The third kappa shape index (κ3) is 2.82. The molecule has 1 amide bonds. The molecule has 7 heteroatoms. The number of ether oxygens (including phenoxy) is 1. The Labute approximate surface area is 155 Å². The van der Waals surface area contributed by atoms with Crippen molar-refractivity contribution in [3.05, 3.63) is 48.3 Å². The van der Waals surface area contributed by atoms with Gasteiger partial charge in [0.1, 0.15) is 5.00 Å². The quantitative estimate of drug-likeness (QED) is 0.745.